The standard InChI is InChI=1S/C20H24N6O/c21-10-14-7-17(8-14)26-13-15(11-23-26)20-12-22-18-2-1-16(9-19(18)24-20)25-3-5-27-6-4-25/h1-2,9,11-14,17H,3-8,10,21H2. The van der Waals surface area contributed by atoms with Crippen molar-refractivity contribution >= 4 is 16.7 Å². The van der Waals surface area contributed by atoms with Crippen molar-refractivity contribution in [2.45, 2.75) is 18.9 Å². The van der Waals surface area contributed by atoms with Crippen molar-refractivity contribution in [2.24, 2.45) is 11.7 Å². The third kappa shape index (κ3) is 3.17. The maximum absolute atomic E-state index is 5.73. The molecule has 0 atom stereocenters. The van der Waals surface area contributed by atoms with E-state index in [1.807, 2.05) is 18.5 Å². The molecule has 0 bridgehead atoms. The summed E-state index contributed by atoms with van der Waals surface area (Å²) < 4.78 is 7.50. The molecule has 2 fully saturated rings. The van der Waals surface area contributed by atoms with E-state index in [1.165, 1.54) is 5.69 Å². The van der Waals surface area contributed by atoms with Crippen LogP contribution in [0.1, 0.15) is 18.9 Å². The highest BCUT2D eigenvalue weighted by Crippen LogP contribution is 2.37. The molecule has 1 aromatic carbocycles. The maximum atomic E-state index is 5.73. The predicted molar refractivity (Wildman–Crippen MR) is 105 cm³/mol. The molecule has 0 amide bonds. The summed E-state index contributed by atoms with van der Waals surface area (Å²) in [4.78, 5) is 11.8. The molecule has 2 N–H and O–H groups in total. The van der Waals surface area contributed by atoms with E-state index in [4.69, 9.17) is 15.5 Å². The van der Waals surface area contributed by atoms with Crippen LogP contribution in [-0.2, 0) is 4.74 Å². The average molecular weight is 364 g/mol. The Bertz CT molecular complexity index is 943. The minimum atomic E-state index is 0.466. The normalized spacial score (nSPS) is 22.8. The maximum Gasteiger partial charge on any atom is 0.0924 e. The molecule has 5 rings (SSSR count). The Hall–Kier alpha value is -2.51. The summed E-state index contributed by atoms with van der Waals surface area (Å²) in [5, 5.41) is 4.54. The Kier molecular flexibility index (Phi) is 4.26. The average Bonchev–Trinajstić information content (AvgIpc) is 3.17. The van der Waals surface area contributed by atoms with Crippen molar-refractivity contribution in [2.75, 3.05) is 37.7 Å². The first kappa shape index (κ1) is 16.6. The van der Waals surface area contributed by atoms with Gasteiger partial charge in [-0.25, -0.2) is 4.98 Å². The van der Waals surface area contributed by atoms with Crippen LogP contribution in [0, 0.1) is 5.92 Å². The SMILES string of the molecule is NCC1CC(n2cc(-c3cnc4ccc(N5CCOCC5)cc4n3)cn2)C1. The van der Waals surface area contributed by atoms with E-state index in [1.54, 1.807) is 0 Å². The van der Waals surface area contributed by atoms with Gasteiger partial charge in [-0.15, -0.1) is 0 Å². The number of benzene rings is 1. The van der Waals surface area contributed by atoms with E-state index >= 15 is 0 Å². The first-order chi connectivity index (χ1) is 13.3. The molecule has 140 valence electrons. The zero-order valence-electron chi connectivity index (χ0n) is 15.3. The van der Waals surface area contributed by atoms with Crippen LogP contribution in [0.15, 0.2) is 36.8 Å². The van der Waals surface area contributed by atoms with E-state index in [0.29, 0.717) is 12.0 Å². The van der Waals surface area contributed by atoms with Gasteiger partial charge < -0.3 is 15.4 Å². The van der Waals surface area contributed by atoms with Gasteiger partial charge in [0, 0.05) is 30.5 Å². The largest absolute Gasteiger partial charge is 0.378 e. The minimum Gasteiger partial charge on any atom is -0.378 e. The van der Waals surface area contributed by atoms with Crippen LogP contribution >= 0.6 is 0 Å². The highest BCUT2D eigenvalue weighted by molar-refractivity contribution is 5.80. The van der Waals surface area contributed by atoms with Gasteiger partial charge in [0.2, 0.25) is 0 Å². The van der Waals surface area contributed by atoms with Crippen LogP contribution in [0.3, 0.4) is 0 Å². The number of nitrogens with zero attached hydrogens (tertiary/aromatic N) is 5. The third-order valence-electron chi connectivity index (χ3n) is 5.72. The molecule has 2 aromatic heterocycles. The van der Waals surface area contributed by atoms with Gasteiger partial charge in [-0.1, -0.05) is 0 Å². The summed E-state index contributed by atoms with van der Waals surface area (Å²) in [5.74, 6) is 0.640. The lowest BCUT2D eigenvalue weighted by atomic mass is 9.80. The number of morpholine rings is 1. The first-order valence-electron chi connectivity index (χ1n) is 9.64. The van der Waals surface area contributed by atoms with Crippen LogP contribution in [0.25, 0.3) is 22.3 Å². The fourth-order valence-corrected chi connectivity index (χ4v) is 3.94. The Labute approximate surface area is 158 Å². The van der Waals surface area contributed by atoms with Crippen molar-refractivity contribution in [3.05, 3.63) is 36.8 Å². The Morgan fingerprint density at radius 3 is 2.78 bits per heavy atom. The van der Waals surface area contributed by atoms with Crippen molar-refractivity contribution in [1.82, 2.24) is 19.7 Å². The number of fused-ring (bicyclic) bond motifs is 1. The van der Waals surface area contributed by atoms with Gasteiger partial charge in [-0.2, -0.15) is 5.10 Å². The molecular formula is C20H24N6O. The second-order valence-corrected chi connectivity index (χ2v) is 7.46. The smallest absolute Gasteiger partial charge is 0.0924 e. The lowest BCUT2D eigenvalue weighted by molar-refractivity contribution is 0.122. The van der Waals surface area contributed by atoms with Gasteiger partial charge in [0.25, 0.3) is 0 Å². The molecule has 27 heavy (non-hydrogen) atoms. The summed E-state index contributed by atoms with van der Waals surface area (Å²) in [6.45, 7) is 4.14. The summed E-state index contributed by atoms with van der Waals surface area (Å²) in [5.41, 5.74) is 10.6. The minimum absolute atomic E-state index is 0.466. The van der Waals surface area contributed by atoms with E-state index < -0.39 is 0 Å². The van der Waals surface area contributed by atoms with Crippen LogP contribution in [0.4, 0.5) is 5.69 Å². The molecule has 1 saturated heterocycles. The van der Waals surface area contributed by atoms with Gasteiger partial charge >= 0.3 is 0 Å². The molecular weight excluding hydrogens is 340 g/mol. The zero-order chi connectivity index (χ0) is 18.2. The fraction of sp³-hybridized carbons (Fsp3) is 0.450. The molecule has 1 aliphatic heterocycles. The number of ether oxygens (including phenoxy) is 1. The highest BCUT2D eigenvalue weighted by atomic mass is 16.5. The Morgan fingerprint density at radius 1 is 1.11 bits per heavy atom. The molecule has 1 saturated carbocycles. The van der Waals surface area contributed by atoms with Crippen LogP contribution in [0.2, 0.25) is 0 Å². The molecule has 0 spiro atoms. The van der Waals surface area contributed by atoms with Crippen molar-refractivity contribution in [1.29, 1.82) is 0 Å². The Morgan fingerprint density at radius 2 is 1.96 bits per heavy atom. The third-order valence-corrected chi connectivity index (χ3v) is 5.72. The second-order valence-electron chi connectivity index (χ2n) is 7.46. The van der Waals surface area contributed by atoms with Gasteiger partial charge in [-0.3, -0.25) is 9.67 Å². The topological polar surface area (TPSA) is 82.1 Å². The lowest BCUT2D eigenvalue weighted by Crippen LogP contribution is -2.36. The number of hydrogen-bond donors (Lipinski definition) is 1. The monoisotopic (exact) mass is 364 g/mol. The summed E-state index contributed by atoms with van der Waals surface area (Å²) in [7, 11) is 0. The molecule has 0 radical (unpaired) electrons. The molecule has 7 nitrogen and oxygen atoms in total. The Balaban J connectivity index is 1.41. The molecule has 2 aliphatic rings. The van der Waals surface area contributed by atoms with Gasteiger partial charge in [0.05, 0.1) is 48.4 Å². The second kappa shape index (κ2) is 6.90. The summed E-state index contributed by atoms with van der Waals surface area (Å²) >= 11 is 0. The quantitative estimate of drug-likeness (QED) is 0.765. The molecule has 3 heterocycles. The number of rotatable bonds is 4. The molecule has 7 heteroatoms. The molecule has 0 unspecified atom stereocenters. The number of nitrogens with two attached hydrogens (primary N) is 1. The highest BCUT2D eigenvalue weighted by Gasteiger charge is 2.29. The van der Waals surface area contributed by atoms with Crippen LogP contribution in [-0.4, -0.2) is 52.6 Å². The van der Waals surface area contributed by atoms with Gasteiger partial charge in [-0.05, 0) is 43.5 Å². The van der Waals surface area contributed by atoms with Crippen LogP contribution < -0.4 is 10.6 Å². The van der Waals surface area contributed by atoms with Gasteiger partial charge in [0.15, 0.2) is 0 Å². The number of anilines is 1. The van der Waals surface area contributed by atoms with Crippen molar-refractivity contribution in [3.63, 3.8) is 0 Å². The molecule has 3 aromatic rings. The molecule has 1 aliphatic carbocycles. The first-order valence-corrected chi connectivity index (χ1v) is 9.64. The lowest BCUT2D eigenvalue weighted by Gasteiger charge is -2.34. The van der Waals surface area contributed by atoms with E-state index in [-0.39, 0.29) is 0 Å². The summed E-state index contributed by atoms with van der Waals surface area (Å²) in [6, 6.07) is 6.75. The van der Waals surface area contributed by atoms with Crippen LogP contribution in [0.5, 0.6) is 0 Å². The summed E-state index contributed by atoms with van der Waals surface area (Å²) in [6.07, 6.45) is 8.03. The number of hydrogen-bond acceptors (Lipinski definition) is 6. The zero-order valence-corrected chi connectivity index (χ0v) is 15.3. The van der Waals surface area contributed by atoms with Crippen molar-refractivity contribution < 1.29 is 4.74 Å². The van der Waals surface area contributed by atoms with E-state index in [2.05, 4.69) is 38.0 Å². The fourth-order valence-electron chi connectivity index (χ4n) is 3.94. The number of aromatic nitrogens is 4. The van der Waals surface area contributed by atoms with E-state index in [9.17, 15) is 0 Å². The van der Waals surface area contributed by atoms with Crippen molar-refractivity contribution in [3.8, 4) is 11.3 Å². The predicted octanol–water partition coefficient (Wildman–Crippen LogP) is 2.24. The van der Waals surface area contributed by atoms with E-state index in [0.717, 1.165) is 68.0 Å². The van der Waals surface area contributed by atoms with Gasteiger partial charge in [0.1, 0.15) is 0 Å².